The Morgan fingerprint density at radius 2 is 1.68 bits per heavy atom. The highest BCUT2D eigenvalue weighted by Gasteiger charge is 2.50. The van der Waals surface area contributed by atoms with Gasteiger partial charge in [0.1, 0.15) is 30.0 Å². The smallest absolute Gasteiger partial charge is 0.312 e. The van der Waals surface area contributed by atoms with E-state index in [1.807, 2.05) is 0 Å². The van der Waals surface area contributed by atoms with Crippen molar-refractivity contribution in [1.29, 1.82) is 0 Å². The number of Topliss-reactive ketones (excluding diaryl/α,β-unsaturated/α-hetero) is 1. The van der Waals surface area contributed by atoms with Gasteiger partial charge in [0.15, 0.2) is 5.75 Å². The molecular weight excluding hydrogens is 728 g/mol. The summed E-state index contributed by atoms with van der Waals surface area (Å²) in [5.74, 6) is -8.73. The number of hydrogen-bond donors (Lipinski definition) is 6. The number of ether oxygens (including phenoxy) is 4. The van der Waals surface area contributed by atoms with Crippen molar-refractivity contribution in [2.75, 3.05) is 19.0 Å². The second-order valence-electron chi connectivity index (χ2n) is 14.4. The lowest BCUT2D eigenvalue weighted by Crippen LogP contribution is -2.46. The molecule has 0 aromatic heterocycles. The standard InChI is InChI=1S/C41H52N2O13/c1-11-16-54-42-18-26-31-36(49)29-28(35(26)48)30-38(24(7)34(29)47)56-41(9,39(30)50)53-17-15-27(52-10)21(4)37(55-25(8)44)23(6)33(46)22(5)32(45)19(2)13-12-14-20(3)40(51)43-31/h11-15,17-19,21-23,27,32-33,37,45-49H,1,16H2,2-10H3,(H,43,51)/b13-12+,17-15+,20-14+,42-18+. The van der Waals surface area contributed by atoms with Gasteiger partial charge in [-0.05, 0) is 19.9 Å². The van der Waals surface area contributed by atoms with Gasteiger partial charge in [-0.3, -0.25) is 14.4 Å². The van der Waals surface area contributed by atoms with Crippen LogP contribution in [0.15, 0.2) is 53.9 Å². The maximum absolute atomic E-state index is 14.3. The summed E-state index contributed by atoms with van der Waals surface area (Å²) in [4.78, 5) is 45.2. The molecule has 0 fully saturated rings. The van der Waals surface area contributed by atoms with Gasteiger partial charge in [-0.15, -0.1) is 0 Å². The Bertz CT molecular complexity index is 1990. The summed E-state index contributed by atoms with van der Waals surface area (Å²) in [6, 6.07) is 0. The molecule has 56 heavy (non-hydrogen) atoms. The number of phenolic OH excluding ortho intramolecular Hbond substituents is 3. The van der Waals surface area contributed by atoms with E-state index >= 15 is 0 Å². The van der Waals surface area contributed by atoms with Crippen LogP contribution >= 0.6 is 0 Å². The normalized spacial score (nSPS) is 30.9. The molecular formula is C41H52N2O13. The Morgan fingerprint density at radius 3 is 2.30 bits per heavy atom. The number of fused-ring (bicyclic) bond motifs is 14. The second kappa shape index (κ2) is 17.6. The van der Waals surface area contributed by atoms with E-state index < -0.39 is 88.8 Å². The summed E-state index contributed by atoms with van der Waals surface area (Å²) in [5, 5.41) is 63.4. The molecule has 5 bridgehead atoms. The average molecular weight is 781 g/mol. The highest BCUT2D eigenvalue weighted by atomic mass is 16.7. The second-order valence-corrected chi connectivity index (χ2v) is 14.4. The minimum absolute atomic E-state index is 0.0192. The minimum atomic E-state index is -2.06. The van der Waals surface area contributed by atoms with E-state index in [-0.39, 0.29) is 51.1 Å². The zero-order chi connectivity index (χ0) is 41.8. The van der Waals surface area contributed by atoms with Crippen LogP contribution in [-0.4, -0.2) is 93.3 Å². The van der Waals surface area contributed by atoms with Crippen molar-refractivity contribution < 1.29 is 63.7 Å². The maximum Gasteiger partial charge on any atom is 0.312 e. The first kappa shape index (κ1) is 43.3. The number of benzene rings is 2. The topological polar surface area (TPSA) is 223 Å². The van der Waals surface area contributed by atoms with E-state index in [9.17, 15) is 39.9 Å². The number of methoxy groups -OCH3 is 1. The van der Waals surface area contributed by atoms with Gasteiger partial charge in [-0.2, -0.15) is 0 Å². The summed E-state index contributed by atoms with van der Waals surface area (Å²) in [6.45, 7) is 15.9. The van der Waals surface area contributed by atoms with Crippen molar-refractivity contribution in [3.8, 4) is 23.0 Å². The van der Waals surface area contributed by atoms with Gasteiger partial charge in [0.05, 0.1) is 53.0 Å². The predicted octanol–water partition coefficient (Wildman–Crippen LogP) is 5.29. The largest absolute Gasteiger partial charge is 0.507 e. The van der Waals surface area contributed by atoms with Gasteiger partial charge in [-0.1, -0.05) is 63.7 Å². The number of oxime groups is 1. The number of carbonyl (C=O) groups excluding carboxylic acids is 3. The van der Waals surface area contributed by atoms with E-state index in [0.29, 0.717) is 0 Å². The molecule has 5 rings (SSSR count). The molecule has 3 aliphatic heterocycles. The highest BCUT2D eigenvalue weighted by Crippen LogP contribution is 2.55. The monoisotopic (exact) mass is 780 g/mol. The number of aliphatic hydroxyl groups is 2. The van der Waals surface area contributed by atoms with Gasteiger partial charge in [0, 0.05) is 61.2 Å². The van der Waals surface area contributed by atoms with Gasteiger partial charge in [0.25, 0.3) is 11.7 Å². The Morgan fingerprint density at radius 1 is 1.00 bits per heavy atom. The molecule has 1 amide bonds. The molecule has 15 nitrogen and oxygen atoms in total. The number of allylic oxidation sites excluding steroid dienone is 2. The molecule has 9 unspecified atom stereocenters. The summed E-state index contributed by atoms with van der Waals surface area (Å²) in [6.07, 6.45) is 5.83. The number of esters is 1. The van der Waals surface area contributed by atoms with E-state index in [2.05, 4.69) is 17.1 Å². The maximum atomic E-state index is 14.3. The molecule has 2 aromatic rings. The van der Waals surface area contributed by atoms with Crippen LogP contribution in [0.4, 0.5) is 5.69 Å². The summed E-state index contributed by atoms with van der Waals surface area (Å²) in [5.41, 5.74) is -0.691. The van der Waals surface area contributed by atoms with E-state index in [4.69, 9.17) is 23.8 Å². The fraction of sp³-hybridized carbons (Fsp3) is 0.463. The lowest BCUT2D eigenvalue weighted by atomic mass is 9.78. The molecule has 0 spiro atoms. The number of nitrogens with zero attached hydrogens (tertiary/aromatic N) is 1. The molecule has 15 heteroatoms. The van der Waals surface area contributed by atoms with E-state index in [1.165, 1.54) is 59.3 Å². The predicted molar refractivity (Wildman–Crippen MR) is 208 cm³/mol. The van der Waals surface area contributed by atoms with Crippen molar-refractivity contribution in [1.82, 2.24) is 0 Å². The Balaban J connectivity index is 1.97. The third-order valence-electron chi connectivity index (χ3n) is 10.5. The van der Waals surface area contributed by atoms with E-state index in [1.54, 1.807) is 39.8 Å². The lowest BCUT2D eigenvalue weighted by molar-refractivity contribution is -0.160. The fourth-order valence-electron chi connectivity index (χ4n) is 7.06. The fourth-order valence-corrected chi connectivity index (χ4v) is 7.06. The van der Waals surface area contributed by atoms with Gasteiger partial charge in [-0.25, -0.2) is 0 Å². The van der Waals surface area contributed by atoms with Crippen molar-refractivity contribution in [2.45, 2.75) is 85.6 Å². The number of rotatable bonds is 6. The molecule has 9 atom stereocenters. The third-order valence-corrected chi connectivity index (χ3v) is 10.5. The number of anilines is 1. The van der Waals surface area contributed by atoms with Crippen molar-refractivity contribution in [2.24, 2.45) is 28.8 Å². The van der Waals surface area contributed by atoms with Gasteiger partial charge < -0.3 is 54.6 Å². The zero-order valence-corrected chi connectivity index (χ0v) is 33.0. The number of carbonyl (C=O) groups is 3. The number of phenols is 3. The number of aromatic hydroxyl groups is 3. The summed E-state index contributed by atoms with van der Waals surface area (Å²) < 4.78 is 23.4. The third kappa shape index (κ3) is 8.39. The highest BCUT2D eigenvalue weighted by molar-refractivity contribution is 6.23. The molecule has 3 heterocycles. The first-order valence-corrected chi connectivity index (χ1v) is 18.2. The van der Waals surface area contributed by atoms with Crippen LogP contribution in [0.3, 0.4) is 0 Å². The first-order valence-electron chi connectivity index (χ1n) is 18.2. The molecule has 0 saturated carbocycles. The van der Waals surface area contributed by atoms with Crippen molar-refractivity contribution in [3.05, 3.63) is 65.5 Å². The average Bonchev–Trinajstić information content (AvgIpc) is 3.42. The summed E-state index contributed by atoms with van der Waals surface area (Å²) >= 11 is 0. The Kier molecular flexibility index (Phi) is 13.6. The van der Waals surface area contributed by atoms with Crippen molar-refractivity contribution in [3.63, 3.8) is 0 Å². The number of amides is 1. The zero-order valence-electron chi connectivity index (χ0n) is 33.0. The number of hydrogen-bond acceptors (Lipinski definition) is 14. The first-order chi connectivity index (χ1) is 26.3. The Labute approximate surface area is 325 Å². The van der Waals surface area contributed by atoms with Crippen LogP contribution in [0.5, 0.6) is 23.0 Å². The quantitative estimate of drug-likeness (QED) is 0.0418. The van der Waals surface area contributed by atoms with Gasteiger partial charge >= 0.3 is 11.8 Å². The molecule has 6 N–H and O–H groups in total. The molecule has 2 aromatic carbocycles. The van der Waals surface area contributed by atoms with Crippen molar-refractivity contribution >= 4 is 40.3 Å². The number of nitrogens with one attached hydrogen (secondary N) is 1. The van der Waals surface area contributed by atoms with E-state index in [0.717, 1.165) is 6.21 Å². The summed E-state index contributed by atoms with van der Waals surface area (Å²) in [7, 11) is 1.42. The molecule has 0 aliphatic carbocycles. The lowest BCUT2D eigenvalue weighted by Gasteiger charge is -2.38. The van der Waals surface area contributed by atoms with Crippen LogP contribution in [0.25, 0.3) is 10.8 Å². The molecule has 0 radical (unpaired) electrons. The number of ketones is 1. The van der Waals surface area contributed by atoms with Crippen LogP contribution < -0.4 is 10.1 Å². The van der Waals surface area contributed by atoms with Crippen LogP contribution in [-0.2, 0) is 28.6 Å². The number of aliphatic hydroxyl groups excluding tert-OH is 2. The molecule has 0 saturated heterocycles. The molecule has 3 aliphatic rings. The van der Waals surface area contributed by atoms with Crippen LogP contribution in [0, 0.1) is 30.6 Å². The van der Waals surface area contributed by atoms with Crippen LogP contribution in [0.1, 0.15) is 70.0 Å². The molecule has 304 valence electrons. The van der Waals surface area contributed by atoms with Gasteiger partial charge in [0.2, 0.25) is 0 Å². The van der Waals surface area contributed by atoms with Crippen LogP contribution in [0.2, 0.25) is 0 Å². The SMILES string of the molecule is C=CCO/N=C/c1c2c(O)c3c(O)c(C)c4c(c3c1O)C(=O)C(C)(O/C=C/C(OC)C(C)C(OC(C)=O)C(C)C(O)C(C)C(O)C(C)/C=C/C=C(\C)C(=O)N2)O4. The Hall–Kier alpha value is -5.38. The minimum Gasteiger partial charge on any atom is -0.507 e.